The molecule has 6 heteroatoms. The third-order valence-corrected chi connectivity index (χ3v) is 16.0. The monoisotopic (exact) mass is 1130 g/mol. The molecule has 0 saturated carbocycles. The number of esters is 3. The van der Waals surface area contributed by atoms with Crippen LogP contribution in [-0.4, -0.2) is 37.2 Å². The molecule has 0 aromatic rings. The van der Waals surface area contributed by atoms with Crippen molar-refractivity contribution in [1.82, 2.24) is 0 Å². The third kappa shape index (κ3) is 67.8. The summed E-state index contributed by atoms with van der Waals surface area (Å²) in [6.07, 6.45) is 90.0. The van der Waals surface area contributed by atoms with Crippen molar-refractivity contribution in [3.63, 3.8) is 0 Å². The van der Waals surface area contributed by atoms with Gasteiger partial charge in [0.05, 0.1) is 0 Å². The zero-order chi connectivity index (χ0) is 58.5. The second-order valence-electron chi connectivity index (χ2n) is 24.1. The lowest BCUT2D eigenvalue weighted by Crippen LogP contribution is -2.30. The Morgan fingerprint density at radius 2 is 0.481 bits per heavy atom. The second kappa shape index (κ2) is 69.6. The Morgan fingerprint density at radius 1 is 0.259 bits per heavy atom. The highest BCUT2D eigenvalue weighted by Gasteiger charge is 2.19. The topological polar surface area (TPSA) is 78.9 Å². The van der Waals surface area contributed by atoms with Crippen molar-refractivity contribution in [2.75, 3.05) is 13.2 Å². The molecule has 0 aliphatic carbocycles. The minimum Gasteiger partial charge on any atom is -0.462 e. The van der Waals surface area contributed by atoms with Gasteiger partial charge in [-0.05, 0) is 83.5 Å². The van der Waals surface area contributed by atoms with Crippen molar-refractivity contribution < 1.29 is 28.6 Å². The number of unbranched alkanes of at least 4 members (excludes halogenated alkanes) is 45. The fourth-order valence-electron chi connectivity index (χ4n) is 10.7. The Kier molecular flexibility index (Phi) is 67.1. The van der Waals surface area contributed by atoms with Crippen molar-refractivity contribution in [3.05, 3.63) is 60.8 Å². The SMILES string of the molecule is CC/C=C\C/C=C\C/C=C\C/C=C\CCCCC(=O)OC(COC(=O)CCCCCCCCCCCCCCC)COC(=O)CCCCCCCCCCCCCCCCCCCCCCCCC/C=C\CCCCCCCCCC. The lowest BCUT2D eigenvalue weighted by Gasteiger charge is -2.18. The summed E-state index contributed by atoms with van der Waals surface area (Å²) in [5.41, 5.74) is 0. The predicted molar refractivity (Wildman–Crippen MR) is 353 cm³/mol. The molecule has 0 bridgehead atoms. The predicted octanol–water partition coefficient (Wildman–Crippen LogP) is 24.7. The molecule has 0 saturated heterocycles. The second-order valence-corrected chi connectivity index (χ2v) is 24.1. The van der Waals surface area contributed by atoms with Crippen LogP contribution in [0.4, 0.5) is 0 Å². The summed E-state index contributed by atoms with van der Waals surface area (Å²) < 4.78 is 16.9. The van der Waals surface area contributed by atoms with E-state index in [1.165, 1.54) is 257 Å². The molecular formula is C75H136O6. The summed E-state index contributed by atoms with van der Waals surface area (Å²) >= 11 is 0. The van der Waals surface area contributed by atoms with E-state index in [0.29, 0.717) is 19.3 Å². The van der Waals surface area contributed by atoms with E-state index < -0.39 is 6.10 Å². The van der Waals surface area contributed by atoms with Crippen molar-refractivity contribution in [2.24, 2.45) is 0 Å². The molecule has 0 rings (SSSR count). The first kappa shape index (κ1) is 78.1. The van der Waals surface area contributed by atoms with E-state index in [-0.39, 0.29) is 37.5 Å². The van der Waals surface area contributed by atoms with E-state index in [9.17, 15) is 14.4 Å². The highest BCUT2D eigenvalue weighted by Crippen LogP contribution is 2.18. The summed E-state index contributed by atoms with van der Waals surface area (Å²) in [6.45, 7) is 6.54. The van der Waals surface area contributed by atoms with Gasteiger partial charge >= 0.3 is 17.9 Å². The lowest BCUT2D eigenvalue weighted by molar-refractivity contribution is -0.167. The van der Waals surface area contributed by atoms with E-state index in [0.717, 1.165) is 77.0 Å². The number of carbonyl (C=O) groups is 3. The lowest BCUT2D eigenvalue weighted by atomic mass is 10.0. The number of rotatable bonds is 66. The van der Waals surface area contributed by atoms with Crippen LogP contribution in [0.1, 0.15) is 380 Å². The van der Waals surface area contributed by atoms with Crippen LogP contribution in [0.15, 0.2) is 60.8 Å². The highest BCUT2D eigenvalue weighted by molar-refractivity contribution is 5.71. The largest absolute Gasteiger partial charge is 0.462 e. The molecule has 0 aromatic carbocycles. The highest BCUT2D eigenvalue weighted by atomic mass is 16.6. The zero-order valence-electron chi connectivity index (χ0n) is 54.3. The summed E-state index contributed by atoms with van der Waals surface area (Å²) in [5.74, 6) is -0.907. The molecule has 0 aromatic heterocycles. The first-order chi connectivity index (χ1) is 40.0. The van der Waals surface area contributed by atoms with Crippen LogP contribution in [0.25, 0.3) is 0 Å². The molecule has 0 heterocycles. The number of hydrogen-bond donors (Lipinski definition) is 0. The molecule has 0 fully saturated rings. The summed E-state index contributed by atoms with van der Waals surface area (Å²) in [6, 6.07) is 0. The molecule has 0 amide bonds. The van der Waals surface area contributed by atoms with E-state index in [1.807, 2.05) is 0 Å². The van der Waals surface area contributed by atoms with Gasteiger partial charge in [-0.2, -0.15) is 0 Å². The van der Waals surface area contributed by atoms with Gasteiger partial charge in [-0.1, -0.05) is 338 Å². The van der Waals surface area contributed by atoms with E-state index in [2.05, 4.69) is 81.5 Å². The molecule has 472 valence electrons. The van der Waals surface area contributed by atoms with E-state index in [4.69, 9.17) is 14.2 Å². The Bertz CT molecular complexity index is 1440. The van der Waals surface area contributed by atoms with Gasteiger partial charge in [0.1, 0.15) is 13.2 Å². The maximum absolute atomic E-state index is 12.9. The fraction of sp³-hybridized carbons (Fsp3) is 0.827. The van der Waals surface area contributed by atoms with Gasteiger partial charge in [0.2, 0.25) is 0 Å². The van der Waals surface area contributed by atoms with Crippen molar-refractivity contribution in [2.45, 2.75) is 386 Å². The minimum atomic E-state index is -0.793. The van der Waals surface area contributed by atoms with Crippen LogP contribution in [0.3, 0.4) is 0 Å². The normalized spacial score (nSPS) is 12.4. The molecular weight excluding hydrogens is 997 g/mol. The average molecular weight is 1130 g/mol. The summed E-state index contributed by atoms with van der Waals surface area (Å²) in [5, 5.41) is 0. The molecule has 1 atom stereocenters. The van der Waals surface area contributed by atoms with Crippen molar-refractivity contribution in [1.29, 1.82) is 0 Å². The summed E-state index contributed by atoms with van der Waals surface area (Å²) in [4.78, 5) is 38.3. The number of hydrogen-bond acceptors (Lipinski definition) is 6. The molecule has 1 unspecified atom stereocenters. The average Bonchev–Trinajstić information content (AvgIpc) is 3.46. The first-order valence-electron chi connectivity index (χ1n) is 35.8. The Labute approximate surface area is 504 Å². The van der Waals surface area contributed by atoms with Gasteiger partial charge < -0.3 is 14.2 Å². The Morgan fingerprint density at radius 3 is 0.790 bits per heavy atom. The Balaban J connectivity index is 4.07. The van der Waals surface area contributed by atoms with Crippen LogP contribution >= 0.6 is 0 Å². The quantitative estimate of drug-likeness (QED) is 0.0261. The van der Waals surface area contributed by atoms with E-state index >= 15 is 0 Å². The fourth-order valence-corrected chi connectivity index (χ4v) is 10.7. The molecule has 6 nitrogen and oxygen atoms in total. The zero-order valence-corrected chi connectivity index (χ0v) is 54.3. The van der Waals surface area contributed by atoms with Crippen LogP contribution in [0, 0.1) is 0 Å². The maximum Gasteiger partial charge on any atom is 0.306 e. The maximum atomic E-state index is 12.9. The molecule has 0 aliphatic rings. The minimum absolute atomic E-state index is 0.0862. The van der Waals surface area contributed by atoms with Crippen molar-refractivity contribution >= 4 is 17.9 Å². The third-order valence-electron chi connectivity index (χ3n) is 16.0. The number of carbonyl (C=O) groups excluding carboxylic acids is 3. The molecule has 81 heavy (non-hydrogen) atoms. The molecule has 0 radical (unpaired) electrons. The Hall–Kier alpha value is -2.89. The van der Waals surface area contributed by atoms with E-state index in [1.54, 1.807) is 0 Å². The number of ether oxygens (including phenoxy) is 3. The number of allylic oxidation sites excluding steroid dienone is 10. The van der Waals surface area contributed by atoms with Gasteiger partial charge in [-0.3, -0.25) is 14.4 Å². The van der Waals surface area contributed by atoms with Crippen LogP contribution in [-0.2, 0) is 28.6 Å². The van der Waals surface area contributed by atoms with Crippen molar-refractivity contribution in [3.8, 4) is 0 Å². The van der Waals surface area contributed by atoms with Crippen LogP contribution in [0.2, 0.25) is 0 Å². The standard InChI is InChI=1S/C75H136O6/c1-4-7-10-13-16-19-22-25-27-28-29-30-31-32-33-34-35-36-37-38-39-40-41-42-43-44-45-46-48-50-53-56-59-62-65-68-74(77)80-71-72(70-79-73(76)67-64-61-58-55-52-49-24-21-18-15-12-9-6-3)81-75(78)69-66-63-60-57-54-51-47-26-23-20-17-14-11-8-5-2/h8,11,17,20,26,28-29,47,54,57,72H,4-7,9-10,12-16,18-19,21-25,27,30-46,48-53,55-56,58-71H2,1-3H3/b11-8-,20-17-,29-28-,47-26-,57-54-. The molecule has 0 aliphatic heterocycles. The smallest absolute Gasteiger partial charge is 0.306 e. The van der Waals surface area contributed by atoms with Crippen LogP contribution < -0.4 is 0 Å². The van der Waals surface area contributed by atoms with Gasteiger partial charge in [0.15, 0.2) is 6.10 Å². The molecule has 0 spiro atoms. The molecule has 0 N–H and O–H groups in total. The first-order valence-corrected chi connectivity index (χ1v) is 35.8. The van der Waals surface area contributed by atoms with Crippen LogP contribution in [0.5, 0.6) is 0 Å². The van der Waals surface area contributed by atoms with Gasteiger partial charge in [0.25, 0.3) is 0 Å². The summed E-state index contributed by atoms with van der Waals surface area (Å²) in [7, 11) is 0. The van der Waals surface area contributed by atoms with Gasteiger partial charge in [-0.25, -0.2) is 0 Å². The van der Waals surface area contributed by atoms with Gasteiger partial charge in [-0.15, -0.1) is 0 Å². The van der Waals surface area contributed by atoms with Gasteiger partial charge in [0, 0.05) is 19.3 Å².